The molecule has 6 heteroatoms. The molecule has 2 aromatic heterocycles. The SMILES string of the molecule is COc1cncc(Nc2cc(C3CCCC3)nn2C(C)(C)C)n1. The van der Waals surface area contributed by atoms with Crippen LogP contribution in [0.5, 0.6) is 5.88 Å². The van der Waals surface area contributed by atoms with Crippen LogP contribution >= 0.6 is 0 Å². The number of hydrogen-bond acceptors (Lipinski definition) is 5. The summed E-state index contributed by atoms with van der Waals surface area (Å²) in [7, 11) is 1.59. The van der Waals surface area contributed by atoms with Gasteiger partial charge in [0.05, 0.1) is 30.7 Å². The van der Waals surface area contributed by atoms with E-state index in [0.717, 1.165) is 5.82 Å². The monoisotopic (exact) mass is 315 g/mol. The van der Waals surface area contributed by atoms with E-state index >= 15 is 0 Å². The number of hydrogen-bond donors (Lipinski definition) is 1. The van der Waals surface area contributed by atoms with Gasteiger partial charge in [-0.25, -0.2) is 4.68 Å². The highest BCUT2D eigenvalue weighted by Gasteiger charge is 2.25. The molecule has 0 bridgehead atoms. The second-order valence-corrected chi connectivity index (χ2v) is 7.09. The number of aromatic nitrogens is 4. The average molecular weight is 315 g/mol. The summed E-state index contributed by atoms with van der Waals surface area (Å²) in [5, 5.41) is 8.22. The van der Waals surface area contributed by atoms with Crippen LogP contribution in [-0.2, 0) is 5.54 Å². The third kappa shape index (κ3) is 3.46. The lowest BCUT2D eigenvalue weighted by Gasteiger charge is -2.22. The van der Waals surface area contributed by atoms with E-state index in [1.807, 2.05) is 4.68 Å². The van der Waals surface area contributed by atoms with Crippen LogP contribution in [0, 0.1) is 0 Å². The van der Waals surface area contributed by atoms with Crippen molar-refractivity contribution in [3.63, 3.8) is 0 Å². The largest absolute Gasteiger partial charge is 0.480 e. The number of nitrogens with one attached hydrogen (secondary N) is 1. The van der Waals surface area contributed by atoms with Crippen LogP contribution in [0.2, 0.25) is 0 Å². The molecule has 1 aliphatic carbocycles. The molecule has 1 fully saturated rings. The molecule has 0 unspecified atom stereocenters. The molecule has 0 atom stereocenters. The predicted molar refractivity (Wildman–Crippen MR) is 90.3 cm³/mol. The Kier molecular flexibility index (Phi) is 4.24. The van der Waals surface area contributed by atoms with Crippen molar-refractivity contribution in [1.82, 2.24) is 19.7 Å². The molecule has 0 spiro atoms. The predicted octanol–water partition coefficient (Wildman–Crippen LogP) is 3.84. The molecule has 6 nitrogen and oxygen atoms in total. The van der Waals surface area contributed by atoms with E-state index in [2.05, 4.69) is 42.1 Å². The maximum atomic E-state index is 5.14. The van der Waals surface area contributed by atoms with Gasteiger partial charge in [-0.1, -0.05) is 12.8 Å². The zero-order chi connectivity index (χ0) is 16.4. The average Bonchev–Trinajstić information content (AvgIpc) is 3.15. The second kappa shape index (κ2) is 6.18. The number of methoxy groups -OCH3 is 1. The Labute approximate surface area is 137 Å². The Morgan fingerprint density at radius 2 is 1.96 bits per heavy atom. The standard InChI is InChI=1S/C17H25N5O/c1-17(2,3)22-15(9-13(21-22)12-7-5-6-8-12)19-14-10-18-11-16(20-14)23-4/h9-12H,5-8H2,1-4H3,(H,19,20). The van der Waals surface area contributed by atoms with E-state index in [-0.39, 0.29) is 5.54 Å². The van der Waals surface area contributed by atoms with Gasteiger partial charge in [-0.05, 0) is 33.6 Å². The first-order chi connectivity index (χ1) is 11.0. The highest BCUT2D eigenvalue weighted by molar-refractivity contribution is 5.53. The van der Waals surface area contributed by atoms with Crippen molar-refractivity contribution >= 4 is 11.6 Å². The van der Waals surface area contributed by atoms with Gasteiger partial charge < -0.3 is 10.1 Å². The Bertz CT molecular complexity index is 668. The van der Waals surface area contributed by atoms with Crippen LogP contribution in [0.25, 0.3) is 0 Å². The van der Waals surface area contributed by atoms with Crippen molar-refractivity contribution in [2.24, 2.45) is 0 Å². The molecule has 0 saturated heterocycles. The first kappa shape index (κ1) is 15.8. The second-order valence-electron chi connectivity index (χ2n) is 7.09. The normalized spacial score (nSPS) is 15.8. The summed E-state index contributed by atoms with van der Waals surface area (Å²) in [5.41, 5.74) is 1.07. The van der Waals surface area contributed by atoms with Crippen molar-refractivity contribution in [2.45, 2.75) is 57.9 Å². The summed E-state index contributed by atoms with van der Waals surface area (Å²) in [4.78, 5) is 8.53. The minimum atomic E-state index is -0.106. The molecule has 2 heterocycles. The quantitative estimate of drug-likeness (QED) is 0.928. The summed E-state index contributed by atoms with van der Waals surface area (Å²) in [6, 6.07) is 2.16. The van der Waals surface area contributed by atoms with Crippen LogP contribution in [0.3, 0.4) is 0 Å². The summed E-state index contributed by atoms with van der Waals surface area (Å²) in [6.45, 7) is 6.46. The van der Waals surface area contributed by atoms with Gasteiger partial charge in [0.1, 0.15) is 5.82 Å². The molecule has 1 aliphatic rings. The lowest BCUT2D eigenvalue weighted by molar-refractivity contribution is 0.356. The van der Waals surface area contributed by atoms with Crippen molar-refractivity contribution in [3.8, 4) is 5.88 Å². The van der Waals surface area contributed by atoms with E-state index < -0.39 is 0 Å². The van der Waals surface area contributed by atoms with Crippen molar-refractivity contribution in [1.29, 1.82) is 0 Å². The van der Waals surface area contributed by atoms with Crippen LogP contribution in [0.1, 0.15) is 58.1 Å². The molecule has 1 saturated carbocycles. The lowest BCUT2D eigenvalue weighted by Crippen LogP contribution is -2.25. The molecule has 23 heavy (non-hydrogen) atoms. The van der Waals surface area contributed by atoms with Crippen molar-refractivity contribution in [2.75, 3.05) is 12.4 Å². The van der Waals surface area contributed by atoms with Gasteiger partial charge in [0.15, 0.2) is 5.82 Å². The molecule has 1 N–H and O–H groups in total. The topological polar surface area (TPSA) is 64.9 Å². The number of nitrogens with zero attached hydrogens (tertiary/aromatic N) is 4. The third-order valence-electron chi connectivity index (χ3n) is 4.21. The van der Waals surface area contributed by atoms with Crippen molar-refractivity contribution < 1.29 is 4.74 Å². The summed E-state index contributed by atoms with van der Waals surface area (Å²) in [5.74, 6) is 2.68. The molecular formula is C17H25N5O. The molecule has 0 aliphatic heterocycles. The first-order valence-electron chi connectivity index (χ1n) is 8.21. The zero-order valence-electron chi connectivity index (χ0n) is 14.3. The summed E-state index contributed by atoms with van der Waals surface area (Å²) < 4.78 is 7.18. The van der Waals surface area contributed by atoms with Crippen LogP contribution < -0.4 is 10.1 Å². The van der Waals surface area contributed by atoms with Gasteiger partial charge in [0.2, 0.25) is 5.88 Å². The molecule has 124 valence electrons. The van der Waals surface area contributed by atoms with E-state index in [9.17, 15) is 0 Å². The summed E-state index contributed by atoms with van der Waals surface area (Å²) >= 11 is 0. The Morgan fingerprint density at radius 3 is 2.61 bits per heavy atom. The van der Waals surface area contributed by atoms with Crippen LogP contribution in [0.4, 0.5) is 11.6 Å². The van der Waals surface area contributed by atoms with E-state index in [1.54, 1.807) is 19.5 Å². The maximum absolute atomic E-state index is 5.14. The van der Waals surface area contributed by atoms with E-state index in [4.69, 9.17) is 9.84 Å². The Hall–Kier alpha value is -2.11. The highest BCUT2D eigenvalue weighted by atomic mass is 16.5. The smallest absolute Gasteiger partial charge is 0.233 e. The van der Waals surface area contributed by atoms with Gasteiger partial charge in [-0.3, -0.25) is 4.98 Å². The Morgan fingerprint density at radius 1 is 1.22 bits per heavy atom. The molecule has 3 rings (SSSR count). The van der Waals surface area contributed by atoms with Gasteiger partial charge in [0, 0.05) is 12.0 Å². The van der Waals surface area contributed by atoms with Gasteiger partial charge in [-0.2, -0.15) is 10.1 Å². The number of anilines is 2. The summed E-state index contributed by atoms with van der Waals surface area (Å²) in [6.07, 6.45) is 8.36. The van der Waals surface area contributed by atoms with Gasteiger partial charge in [0.25, 0.3) is 0 Å². The molecule has 0 radical (unpaired) electrons. The van der Waals surface area contributed by atoms with E-state index in [1.165, 1.54) is 31.4 Å². The highest BCUT2D eigenvalue weighted by Crippen LogP contribution is 2.36. The fraction of sp³-hybridized carbons (Fsp3) is 0.588. The zero-order valence-corrected chi connectivity index (χ0v) is 14.3. The minimum Gasteiger partial charge on any atom is -0.480 e. The third-order valence-corrected chi connectivity index (χ3v) is 4.21. The molecular weight excluding hydrogens is 290 g/mol. The molecule has 0 aromatic carbocycles. The molecule has 0 amide bonds. The van der Waals surface area contributed by atoms with Crippen molar-refractivity contribution in [3.05, 3.63) is 24.2 Å². The lowest BCUT2D eigenvalue weighted by atomic mass is 10.0. The van der Waals surface area contributed by atoms with Gasteiger partial charge in [-0.15, -0.1) is 0 Å². The van der Waals surface area contributed by atoms with Crippen LogP contribution in [0.15, 0.2) is 18.5 Å². The fourth-order valence-corrected chi connectivity index (χ4v) is 3.06. The maximum Gasteiger partial charge on any atom is 0.233 e. The molecule has 2 aromatic rings. The minimum absolute atomic E-state index is 0.106. The number of ether oxygens (including phenoxy) is 1. The Balaban J connectivity index is 1.92. The number of rotatable bonds is 4. The van der Waals surface area contributed by atoms with Gasteiger partial charge >= 0.3 is 0 Å². The fourth-order valence-electron chi connectivity index (χ4n) is 3.06. The van der Waals surface area contributed by atoms with Crippen LogP contribution in [-0.4, -0.2) is 26.9 Å². The van der Waals surface area contributed by atoms with E-state index in [0.29, 0.717) is 17.6 Å². The first-order valence-corrected chi connectivity index (χ1v) is 8.21.